The van der Waals surface area contributed by atoms with Crippen molar-refractivity contribution in [3.05, 3.63) is 120 Å². The molecule has 6 nitrogen and oxygen atoms in total. The van der Waals surface area contributed by atoms with Gasteiger partial charge in [-0.1, -0.05) is 48.5 Å². The third-order valence-electron chi connectivity index (χ3n) is 6.84. The van der Waals surface area contributed by atoms with Crippen LogP contribution in [0.15, 0.2) is 108 Å². The molecule has 0 unspecified atom stereocenters. The normalized spacial score (nSPS) is 14.6. The molecule has 1 N–H and O–H groups in total. The molecular formula is C31H29FN2O4S. The quantitative estimate of drug-likeness (QED) is 0.274. The van der Waals surface area contributed by atoms with E-state index in [1.165, 1.54) is 15.9 Å². The van der Waals surface area contributed by atoms with Crippen molar-refractivity contribution in [3.63, 3.8) is 0 Å². The number of hydrogen-bond donors (Lipinski definition) is 1. The fourth-order valence-electron chi connectivity index (χ4n) is 4.72. The molecule has 1 fully saturated rings. The van der Waals surface area contributed by atoms with Gasteiger partial charge in [0.05, 0.1) is 0 Å². The van der Waals surface area contributed by atoms with E-state index in [0.717, 1.165) is 18.6 Å². The number of amides is 1. The number of benzene rings is 4. The molecule has 39 heavy (non-hydrogen) atoms. The van der Waals surface area contributed by atoms with E-state index in [1.807, 2.05) is 48.5 Å². The Labute approximate surface area is 228 Å². The van der Waals surface area contributed by atoms with Gasteiger partial charge in [-0.2, -0.15) is 4.31 Å². The van der Waals surface area contributed by atoms with Crippen LogP contribution in [0.4, 0.5) is 10.1 Å². The van der Waals surface area contributed by atoms with Gasteiger partial charge in [0, 0.05) is 24.3 Å². The molecule has 0 spiro atoms. The molecule has 1 heterocycles. The Bertz CT molecular complexity index is 1520. The number of halogens is 1. The number of anilines is 1. The third kappa shape index (κ3) is 6.53. The van der Waals surface area contributed by atoms with Gasteiger partial charge in [-0.05, 0) is 85.3 Å². The van der Waals surface area contributed by atoms with E-state index in [9.17, 15) is 17.6 Å². The zero-order valence-corrected chi connectivity index (χ0v) is 22.1. The van der Waals surface area contributed by atoms with Gasteiger partial charge >= 0.3 is 0 Å². The Balaban J connectivity index is 1.23. The SMILES string of the molecule is O=C(Nc1ccc(Oc2ccccc2)cc1)c1ccc(F)c(S(=O)(=O)N2CCC(Cc3ccccc3)CC2)c1. The number of piperidine rings is 1. The van der Waals surface area contributed by atoms with E-state index >= 15 is 0 Å². The summed E-state index contributed by atoms with van der Waals surface area (Å²) in [5.41, 5.74) is 1.77. The second-order valence-electron chi connectivity index (χ2n) is 9.58. The zero-order chi connectivity index (χ0) is 27.2. The lowest BCUT2D eigenvalue weighted by atomic mass is 9.91. The largest absolute Gasteiger partial charge is 0.457 e. The van der Waals surface area contributed by atoms with Crippen LogP contribution in [0.5, 0.6) is 11.5 Å². The van der Waals surface area contributed by atoms with Crippen LogP contribution in [-0.2, 0) is 16.4 Å². The van der Waals surface area contributed by atoms with E-state index in [1.54, 1.807) is 24.3 Å². The highest BCUT2D eigenvalue weighted by atomic mass is 32.2. The predicted molar refractivity (Wildman–Crippen MR) is 149 cm³/mol. The van der Waals surface area contributed by atoms with Crippen LogP contribution in [0, 0.1) is 11.7 Å². The fourth-order valence-corrected chi connectivity index (χ4v) is 6.28. The summed E-state index contributed by atoms with van der Waals surface area (Å²) in [6.07, 6.45) is 2.28. The average molecular weight is 545 g/mol. The van der Waals surface area contributed by atoms with Crippen molar-refractivity contribution in [3.8, 4) is 11.5 Å². The third-order valence-corrected chi connectivity index (χ3v) is 8.76. The summed E-state index contributed by atoms with van der Waals surface area (Å²) in [5, 5.41) is 2.73. The highest BCUT2D eigenvalue weighted by molar-refractivity contribution is 7.89. The maximum absolute atomic E-state index is 14.7. The number of sulfonamides is 1. The minimum absolute atomic E-state index is 0.0542. The topological polar surface area (TPSA) is 75.7 Å². The first-order valence-electron chi connectivity index (χ1n) is 12.9. The molecule has 0 saturated carbocycles. The van der Waals surface area contributed by atoms with Crippen LogP contribution >= 0.6 is 0 Å². The summed E-state index contributed by atoms with van der Waals surface area (Å²) in [4.78, 5) is 12.4. The van der Waals surface area contributed by atoms with E-state index in [2.05, 4.69) is 17.4 Å². The molecule has 1 amide bonds. The van der Waals surface area contributed by atoms with E-state index in [0.29, 0.717) is 49.0 Å². The Kier molecular flexibility index (Phi) is 8.05. The second kappa shape index (κ2) is 11.8. The van der Waals surface area contributed by atoms with Gasteiger partial charge in [0.15, 0.2) is 0 Å². The summed E-state index contributed by atoms with van der Waals surface area (Å²) in [7, 11) is -4.09. The number of ether oxygens (including phenoxy) is 1. The number of nitrogens with zero attached hydrogens (tertiary/aromatic N) is 1. The van der Waals surface area contributed by atoms with E-state index in [4.69, 9.17) is 4.74 Å². The number of hydrogen-bond acceptors (Lipinski definition) is 4. The molecule has 5 rings (SSSR count). The summed E-state index contributed by atoms with van der Waals surface area (Å²) in [5.74, 6) is 0.243. The molecule has 1 aliphatic heterocycles. The Hall–Kier alpha value is -4.01. The van der Waals surface area contributed by atoms with E-state index < -0.39 is 26.6 Å². The fraction of sp³-hybridized carbons (Fsp3) is 0.194. The smallest absolute Gasteiger partial charge is 0.255 e. The highest BCUT2D eigenvalue weighted by Gasteiger charge is 2.32. The monoisotopic (exact) mass is 544 g/mol. The lowest BCUT2D eigenvalue weighted by Crippen LogP contribution is -2.39. The first kappa shape index (κ1) is 26.6. The molecule has 1 saturated heterocycles. The molecule has 4 aromatic rings. The van der Waals surface area contributed by atoms with Gasteiger partial charge in [-0.15, -0.1) is 0 Å². The Morgan fingerprint density at radius 2 is 1.46 bits per heavy atom. The zero-order valence-electron chi connectivity index (χ0n) is 21.3. The van der Waals surface area contributed by atoms with Crippen LogP contribution < -0.4 is 10.1 Å². The van der Waals surface area contributed by atoms with Gasteiger partial charge in [-0.25, -0.2) is 12.8 Å². The second-order valence-corrected chi connectivity index (χ2v) is 11.5. The standard InChI is InChI=1S/C31H29FN2O4S/c32-29-16-11-25(31(35)33-26-12-14-28(15-13-26)38-27-9-5-2-6-10-27)22-30(29)39(36,37)34-19-17-24(18-20-34)21-23-7-3-1-4-8-23/h1-16,22,24H,17-21H2,(H,33,35). The molecule has 0 bridgehead atoms. The number of rotatable bonds is 8. The highest BCUT2D eigenvalue weighted by Crippen LogP contribution is 2.28. The molecular weight excluding hydrogens is 515 g/mol. The van der Waals surface area contributed by atoms with Crippen molar-refractivity contribution in [2.75, 3.05) is 18.4 Å². The van der Waals surface area contributed by atoms with Crippen LogP contribution in [0.2, 0.25) is 0 Å². The van der Waals surface area contributed by atoms with Crippen molar-refractivity contribution in [2.24, 2.45) is 5.92 Å². The first-order valence-corrected chi connectivity index (χ1v) is 14.3. The number of nitrogens with one attached hydrogen (secondary N) is 1. The molecule has 0 atom stereocenters. The van der Waals surface area contributed by atoms with Crippen molar-refractivity contribution in [1.82, 2.24) is 4.31 Å². The van der Waals surface area contributed by atoms with Crippen molar-refractivity contribution in [1.29, 1.82) is 0 Å². The number of para-hydroxylation sites is 1. The number of carbonyl (C=O) groups is 1. The molecule has 8 heteroatoms. The molecule has 200 valence electrons. The van der Waals surface area contributed by atoms with Crippen LogP contribution in [-0.4, -0.2) is 31.7 Å². The maximum atomic E-state index is 14.7. The van der Waals surface area contributed by atoms with Crippen molar-refractivity contribution in [2.45, 2.75) is 24.2 Å². The van der Waals surface area contributed by atoms with Gasteiger partial charge in [0.2, 0.25) is 10.0 Å². The predicted octanol–water partition coefficient (Wildman–Crippen LogP) is 6.51. The lowest BCUT2D eigenvalue weighted by Gasteiger charge is -2.31. The molecule has 0 radical (unpaired) electrons. The minimum atomic E-state index is -4.09. The van der Waals surface area contributed by atoms with Gasteiger partial charge in [0.1, 0.15) is 22.2 Å². The van der Waals surface area contributed by atoms with Gasteiger partial charge in [0.25, 0.3) is 5.91 Å². The lowest BCUT2D eigenvalue weighted by molar-refractivity contribution is 0.102. The van der Waals surface area contributed by atoms with Crippen molar-refractivity contribution < 1.29 is 22.3 Å². The number of carbonyl (C=O) groups excluding carboxylic acids is 1. The van der Waals surface area contributed by atoms with Gasteiger partial charge < -0.3 is 10.1 Å². The molecule has 1 aliphatic rings. The van der Waals surface area contributed by atoms with Crippen molar-refractivity contribution >= 4 is 21.6 Å². The molecule has 0 aromatic heterocycles. The van der Waals surface area contributed by atoms with Crippen LogP contribution in [0.3, 0.4) is 0 Å². The molecule has 4 aromatic carbocycles. The molecule has 0 aliphatic carbocycles. The van der Waals surface area contributed by atoms with Crippen LogP contribution in [0.1, 0.15) is 28.8 Å². The minimum Gasteiger partial charge on any atom is -0.457 e. The maximum Gasteiger partial charge on any atom is 0.255 e. The summed E-state index contributed by atoms with van der Waals surface area (Å²) >= 11 is 0. The van der Waals surface area contributed by atoms with Crippen LogP contribution in [0.25, 0.3) is 0 Å². The summed E-state index contributed by atoms with van der Waals surface area (Å²) in [6.45, 7) is 0.625. The Morgan fingerprint density at radius 3 is 2.13 bits per heavy atom. The average Bonchev–Trinajstić information content (AvgIpc) is 2.95. The van der Waals surface area contributed by atoms with Gasteiger partial charge in [-0.3, -0.25) is 4.79 Å². The Morgan fingerprint density at radius 1 is 0.846 bits per heavy atom. The summed E-state index contributed by atoms with van der Waals surface area (Å²) in [6, 6.07) is 29.6. The summed E-state index contributed by atoms with van der Waals surface area (Å²) < 4.78 is 48.5. The van der Waals surface area contributed by atoms with E-state index in [-0.39, 0.29) is 5.56 Å². The first-order chi connectivity index (χ1) is 18.9.